The van der Waals surface area contributed by atoms with Gasteiger partial charge in [-0.2, -0.15) is 24.5 Å². The molecule has 0 fully saturated rings. The summed E-state index contributed by atoms with van der Waals surface area (Å²) in [6.45, 7) is 6.24. The number of carbonyl (C=O) groups excluding carboxylic acids is 3. The van der Waals surface area contributed by atoms with Crippen LogP contribution in [0.2, 0.25) is 0 Å². The van der Waals surface area contributed by atoms with Gasteiger partial charge in [0.25, 0.3) is 0 Å². The van der Waals surface area contributed by atoms with E-state index < -0.39 is 35.3 Å². The van der Waals surface area contributed by atoms with E-state index in [1.54, 1.807) is 37.6 Å². The lowest BCUT2D eigenvalue weighted by Crippen LogP contribution is -2.27. The normalized spacial score (nSPS) is 11.9. The Morgan fingerprint density at radius 3 is 2.26 bits per heavy atom. The number of hydrogen-bond donors (Lipinski definition) is 2. The zero-order valence-corrected chi connectivity index (χ0v) is 23.1. The third kappa shape index (κ3) is 5.64. The number of esters is 2. The minimum Gasteiger partial charge on any atom is -0.465 e. The first-order valence-electron chi connectivity index (χ1n) is 11.5. The van der Waals surface area contributed by atoms with Gasteiger partial charge in [-0.1, -0.05) is 0 Å². The number of ether oxygens (including phenoxy) is 2. The smallest absolute Gasteiger partial charge is 0.416 e. The number of hydrogen-bond acceptors (Lipinski definition) is 7. The number of nitrogens with zero attached hydrogens (tertiary/aromatic N) is 1. The summed E-state index contributed by atoms with van der Waals surface area (Å²) in [7, 11) is 1.19. The summed E-state index contributed by atoms with van der Waals surface area (Å²) in [6.07, 6.45) is -4.68. The van der Waals surface area contributed by atoms with Crippen LogP contribution in [0.1, 0.15) is 52.7 Å². The molecule has 13 heteroatoms. The molecule has 0 bridgehead atoms. The zero-order valence-electron chi connectivity index (χ0n) is 21.5. The molecule has 4 aromatic rings. The van der Waals surface area contributed by atoms with Crippen molar-refractivity contribution in [1.82, 2.24) is 4.57 Å². The summed E-state index contributed by atoms with van der Waals surface area (Å²) in [6, 6.07) is 3.01. The van der Waals surface area contributed by atoms with Gasteiger partial charge >= 0.3 is 24.1 Å². The fraction of sp³-hybridized carbons (Fsp3) is 0.269. The Labute approximate surface area is 229 Å². The first kappa shape index (κ1) is 28.2. The van der Waals surface area contributed by atoms with E-state index in [0.29, 0.717) is 5.69 Å². The first-order chi connectivity index (χ1) is 18.2. The van der Waals surface area contributed by atoms with Crippen LogP contribution in [-0.2, 0) is 15.7 Å². The predicted octanol–water partition coefficient (Wildman–Crippen LogP) is 7.47. The largest absolute Gasteiger partial charge is 0.465 e. The van der Waals surface area contributed by atoms with E-state index in [4.69, 9.17) is 9.47 Å². The number of nitrogens with one attached hydrogen (secondary N) is 2. The van der Waals surface area contributed by atoms with Crippen molar-refractivity contribution in [2.24, 2.45) is 0 Å². The van der Waals surface area contributed by atoms with Crippen molar-refractivity contribution in [1.29, 1.82) is 0 Å². The maximum Gasteiger partial charge on any atom is 0.416 e. The molecule has 1 aromatic carbocycles. The van der Waals surface area contributed by atoms with Crippen LogP contribution in [0.25, 0.3) is 16.6 Å². The molecule has 8 nitrogen and oxygen atoms in total. The summed E-state index contributed by atoms with van der Waals surface area (Å²) in [4.78, 5) is 38.8. The average Bonchev–Trinajstić information content (AvgIpc) is 3.56. The van der Waals surface area contributed by atoms with Crippen molar-refractivity contribution in [2.75, 3.05) is 17.7 Å². The van der Waals surface area contributed by atoms with E-state index in [1.807, 2.05) is 0 Å². The lowest BCUT2D eigenvalue weighted by atomic mass is 10.0. The Kier molecular flexibility index (Phi) is 7.50. The third-order valence-corrected chi connectivity index (χ3v) is 7.02. The molecule has 2 amide bonds. The van der Waals surface area contributed by atoms with Crippen molar-refractivity contribution < 1.29 is 37.0 Å². The summed E-state index contributed by atoms with van der Waals surface area (Å²) in [5, 5.41) is 11.6. The quantitative estimate of drug-likeness (QED) is 0.239. The molecule has 0 aliphatic heterocycles. The van der Waals surface area contributed by atoms with Gasteiger partial charge in [-0.3, -0.25) is 0 Å². The summed E-state index contributed by atoms with van der Waals surface area (Å²) in [5.74, 6) is -1.53. The van der Waals surface area contributed by atoms with E-state index in [0.717, 1.165) is 17.4 Å². The summed E-state index contributed by atoms with van der Waals surface area (Å²) < 4.78 is 53.5. The van der Waals surface area contributed by atoms with Gasteiger partial charge in [0, 0.05) is 21.5 Å². The molecular formula is C26H24F3N3O5S2. The Morgan fingerprint density at radius 1 is 0.949 bits per heavy atom. The van der Waals surface area contributed by atoms with Crippen LogP contribution in [-0.4, -0.2) is 35.2 Å². The fourth-order valence-electron chi connectivity index (χ4n) is 4.08. The van der Waals surface area contributed by atoms with Gasteiger partial charge in [-0.05, 0) is 56.8 Å². The molecule has 2 N–H and O–H groups in total. The van der Waals surface area contributed by atoms with Crippen molar-refractivity contribution in [3.8, 4) is 5.69 Å². The van der Waals surface area contributed by atoms with Gasteiger partial charge in [-0.25, -0.2) is 14.4 Å². The number of carbonyl (C=O) groups is 3. The van der Waals surface area contributed by atoms with Crippen molar-refractivity contribution >= 4 is 62.9 Å². The Hall–Kier alpha value is -3.84. The molecule has 0 aliphatic rings. The summed E-state index contributed by atoms with van der Waals surface area (Å²) in [5.41, 5.74) is -1.35. The number of urea groups is 1. The number of anilines is 2. The van der Waals surface area contributed by atoms with Crippen LogP contribution < -0.4 is 10.6 Å². The number of thiophene rings is 2. The van der Waals surface area contributed by atoms with E-state index in [9.17, 15) is 27.6 Å². The number of benzene rings is 1. The highest BCUT2D eigenvalue weighted by Crippen LogP contribution is 2.42. The fourth-order valence-corrected chi connectivity index (χ4v) is 5.45. The number of halogens is 3. The van der Waals surface area contributed by atoms with E-state index in [2.05, 4.69) is 10.6 Å². The average molecular weight is 580 g/mol. The lowest BCUT2D eigenvalue weighted by molar-refractivity contribution is -0.137. The van der Waals surface area contributed by atoms with Crippen molar-refractivity contribution in [2.45, 2.75) is 39.5 Å². The molecule has 0 spiro atoms. The SMILES string of the molecule is COC(=O)c1cscc1NC(=O)Nc1c(C(=O)OC(C)(C)C)n(-c2ccsc2)c2ccc(C(F)(F)F)c(C)c12. The molecule has 0 radical (unpaired) electrons. The van der Waals surface area contributed by atoms with Crippen LogP contribution in [0.4, 0.5) is 29.3 Å². The molecule has 3 heterocycles. The molecule has 206 valence electrons. The van der Waals surface area contributed by atoms with Crippen LogP contribution in [0.15, 0.2) is 39.7 Å². The van der Waals surface area contributed by atoms with Gasteiger partial charge in [0.2, 0.25) is 0 Å². The Bertz CT molecular complexity index is 1560. The second-order valence-corrected chi connectivity index (χ2v) is 11.0. The van der Waals surface area contributed by atoms with E-state index in [-0.39, 0.29) is 39.1 Å². The van der Waals surface area contributed by atoms with E-state index in [1.165, 1.54) is 46.8 Å². The maximum absolute atomic E-state index is 13.9. The van der Waals surface area contributed by atoms with Crippen LogP contribution in [0, 0.1) is 6.92 Å². The van der Waals surface area contributed by atoms with E-state index >= 15 is 0 Å². The van der Waals surface area contributed by atoms with Crippen LogP contribution >= 0.6 is 22.7 Å². The minimum absolute atomic E-state index is 0.0190. The molecular weight excluding hydrogens is 555 g/mol. The predicted molar refractivity (Wildman–Crippen MR) is 144 cm³/mol. The highest BCUT2D eigenvalue weighted by molar-refractivity contribution is 7.08. The number of rotatable bonds is 5. The summed E-state index contributed by atoms with van der Waals surface area (Å²) >= 11 is 2.46. The first-order valence-corrected chi connectivity index (χ1v) is 13.3. The molecule has 0 saturated carbocycles. The van der Waals surface area contributed by atoms with Gasteiger partial charge in [0.05, 0.1) is 40.8 Å². The number of aryl methyl sites for hydroxylation is 1. The van der Waals surface area contributed by atoms with Crippen LogP contribution in [0.3, 0.4) is 0 Å². The van der Waals surface area contributed by atoms with Crippen molar-refractivity contribution in [3.05, 3.63) is 62.1 Å². The van der Waals surface area contributed by atoms with Crippen molar-refractivity contribution in [3.63, 3.8) is 0 Å². The lowest BCUT2D eigenvalue weighted by Gasteiger charge is -2.21. The molecule has 0 unspecified atom stereocenters. The number of aromatic nitrogens is 1. The second-order valence-electron chi connectivity index (χ2n) is 9.44. The highest BCUT2D eigenvalue weighted by Gasteiger charge is 2.36. The second kappa shape index (κ2) is 10.4. The molecule has 4 rings (SSSR count). The zero-order chi connectivity index (χ0) is 28.7. The molecule has 0 atom stereocenters. The molecule has 39 heavy (non-hydrogen) atoms. The maximum atomic E-state index is 13.9. The number of alkyl halides is 3. The van der Waals surface area contributed by atoms with Gasteiger partial charge < -0.3 is 24.7 Å². The van der Waals surface area contributed by atoms with Crippen LogP contribution in [0.5, 0.6) is 0 Å². The Balaban J connectivity index is 1.95. The topological polar surface area (TPSA) is 98.7 Å². The van der Waals surface area contributed by atoms with Gasteiger partial charge in [0.1, 0.15) is 5.60 Å². The number of amides is 2. The number of methoxy groups -OCH3 is 1. The van der Waals surface area contributed by atoms with Gasteiger partial charge in [0.15, 0.2) is 5.69 Å². The Morgan fingerprint density at radius 2 is 1.67 bits per heavy atom. The third-order valence-electron chi connectivity index (χ3n) is 5.61. The minimum atomic E-state index is -4.68. The highest BCUT2D eigenvalue weighted by atomic mass is 32.1. The molecule has 0 saturated heterocycles. The standard InChI is InChI=1S/C26H24F3N3O5S2/c1-13-16(26(27,28)29)6-7-18-19(13)20(31-24(35)30-17-12-39-11-15(17)22(33)36-5)21(23(34)37-25(2,3)4)32(18)14-8-9-38-10-14/h6-12H,1-5H3,(H2,30,31,35). The molecule has 0 aliphatic carbocycles. The van der Waals surface area contributed by atoms with Gasteiger partial charge in [-0.15, -0.1) is 11.3 Å². The monoisotopic (exact) mass is 579 g/mol. The molecule has 3 aromatic heterocycles. The number of fused-ring (bicyclic) bond motifs is 1.